The summed E-state index contributed by atoms with van der Waals surface area (Å²) in [6, 6.07) is 6.03. The third-order valence-corrected chi connectivity index (χ3v) is 3.91. The highest BCUT2D eigenvalue weighted by Gasteiger charge is 2.11. The van der Waals surface area contributed by atoms with Crippen LogP contribution < -0.4 is 5.56 Å². The molecule has 0 radical (unpaired) electrons. The van der Waals surface area contributed by atoms with Gasteiger partial charge in [0, 0.05) is 21.8 Å². The molecule has 0 aliphatic rings. The summed E-state index contributed by atoms with van der Waals surface area (Å²) in [5, 5.41) is 0.656. The maximum Gasteiger partial charge on any atom is 0.261 e. The van der Waals surface area contributed by atoms with Crippen molar-refractivity contribution >= 4 is 30.6 Å². The van der Waals surface area contributed by atoms with E-state index in [1.165, 1.54) is 18.2 Å². The van der Waals surface area contributed by atoms with Crippen molar-refractivity contribution in [2.24, 2.45) is 0 Å². The molecule has 1 aromatic carbocycles. The number of nitrogens with one attached hydrogen (secondary N) is 1. The van der Waals surface area contributed by atoms with Crippen molar-refractivity contribution in [2.45, 2.75) is 18.2 Å². The Balaban J connectivity index is 2.78. The van der Waals surface area contributed by atoms with Crippen LogP contribution >= 0.6 is 10.7 Å². The Morgan fingerprint density at radius 3 is 2.59 bits per heavy atom. The van der Waals surface area contributed by atoms with Crippen molar-refractivity contribution in [3.05, 3.63) is 40.2 Å². The van der Waals surface area contributed by atoms with Crippen molar-refractivity contribution < 1.29 is 8.42 Å². The summed E-state index contributed by atoms with van der Waals surface area (Å²) in [6.07, 6.45) is 0.586. The van der Waals surface area contributed by atoms with Gasteiger partial charge < -0.3 is 4.98 Å². The van der Waals surface area contributed by atoms with Gasteiger partial charge in [-0.3, -0.25) is 4.79 Å². The standard InChI is InChI=1S/C11H10ClNO3S/c1-2-7-5-8-6-9(17(12,15)16)3-4-10(8)13-11(7)14/h3-6H,2H2,1H3,(H,13,14). The fraction of sp³-hybridized carbons (Fsp3) is 0.182. The van der Waals surface area contributed by atoms with E-state index < -0.39 is 9.05 Å². The summed E-state index contributed by atoms with van der Waals surface area (Å²) in [7, 11) is 1.52. The van der Waals surface area contributed by atoms with E-state index in [1.807, 2.05) is 6.92 Å². The molecule has 0 atom stereocenters. The monoisotopic (exact) mass is 271 g/mol. The molecule has 1 aromatic heterocycles. The van der Waals surface area contributed by atoms with E-state index >= 15 is 0 Å². The summed E-state index contributed by atoms with van der Waals surface area (Å²) in [4.78, 5) is 14.3. The van der Waals surface area contributed by atoms with Crippen molar-refractivity contribution in [3.8, 4) is 0 Å². The first-order chi connectivity index (χ1) is 7.91. The van der Waals surface area contributed by atoms with E-state index in [4.69, 9.17) is 10.7 Å². The van der Waals surface area contributed by atoms with Crippen LogP contribution in [-0.4, -0.2) is 13.4 Å². The number of fused-ring (bicyclic) bond motifs is 1. The van der Waals surface area contributed by atoms with E-state index in [0.717, 1.165) is 0 Å². The topological polar surface area (TPSA) is 67.0 Å². The van der Waals surface area contributed by atoms with E-state index in [0.29, 0.717) is 22.9 Å². The lowest BCUT2D eigenvalue weighted by atomic mass is 10.1. The molecule has 0 saturated heterocycles. The number of hydrogen-bond acceptors (Lipinski definition) is 3. The number of benzene rings is 1. The SMILES string of the molecule is CCc1cc2cc(S(=O)(=O)Cl)ccc2[nH]c1=O. The third-order valence-electron chi connectivity index (χ3n) is 2.56. The van der Waals surface area contributed by atoms with E-state index in [9.17, 15) is 13.2 Å². The lowest BCUT2D eigenvalue weighted by molar-refractivity contribution is 0.609. The average Bonchev–Trinajstić information content (AvgIpc) is 2.26. The quantitative estimate of drug-likeness (QED) is 0.850. The van der Waals surface area contributed by atoms with Gasteiger partial charge in [-0.05, 0) is 36.1 Å². The minimum atomic E-state index is -3.74. The van der Waals surface area contributed by atoms with Crippen LogP contribution in [0.15, 0.2) is 34.0 Å². The van der Waals surface area contributed by atoms with Crippen molar-refractivity contribution in [1.29, 1.82) is 0 Å². The van der Waals surface area contributed by atoms with Crippen LogP contribution in [0.4, 0.5) is 0 Å². The molecule has 1 heterocycles. The van der Waals surface area contributed by atoms with Crippen LogP contribution in [0.1, 0.15) is 12.5 Å². The van der Waals surface area contributed by atoms with Crippen molar-refractivity contribution in [2.75, 3.05) is 0 Å². The van der Waals surface area contributed by atoms with Gasteiger partial charge in [0.2, 0.25) is 0 Å². The molecule has 2 aromatic rings. The number of aryl methyl sites for hydroxylation is 1. The molecule has 1 N–H and O–H groups in total. The van der Waals surface area contributed by atoms with Crippen molar-refractivity contribution in [1.82, 2.24) is 4.98 Å². The van der Waals surface area contributed by atoms with Gasteiger partial charge in [-0.2, -0.15) is 0 Å². The van der Waals surface area contributed by atoms with Crippen LogP contribution in [0.3, 0.4) is 0 Å². The van der Waals surface area contributed by atoms with Gasteiger partial charge in [0.25, 0.3) is 14.6 Å². The normalized spacial score (nSPS) is 11.9. The Hall–Kier alpha value is -1.33. The van der Waals surface area contributed by atoms with Gasteiger partial charge in [-0.25, -0.2) is 8.42 Å². The first kappa shape index (κ1) is 12.1. The largest absolute Gasteiger partial charge is 0.322 e. The van der Waals surface area contributed by atoms with Crippen LogP contribution in [-0.2, 0) is 15.5 Å². The molecule has 0 saturated carbocycles. The van der Waals surface area contributed by atoms with Crippen LogP contribution in [0, 0.1) is 0 Å². The zero-order valence-electron chi connectivity index (χ0n) is 9.03. The van der Waals surface area contributed by atoms with Crippen LogP contribution in [0.25, 0.3) is 10.9 Å². The van der Waals surface area contributed by atoms with Gasteiger partial charge >= 0.3 is 0 Å². The first-order valence-corrected chi connectivity index (χ1v) is 7.33. The number of aromatic nitrogens is 1. The Morgan fingerprint density at radius 1 is 1.29 bits per heavy atom. The molecule has 2 rings (SSSR count). The Kier molecular flexibility index (Phi) is 2.97. The third kappa shape index (κ3) is 2.35. The smallest absolute Gasteiger partial charge is 0.261 e. The molecule has 0 aliphatic heterocycles. The highest BCUT2D eigenvalue weighted by atomic mass is 35.7. The number of H-pyrrole nitrogens is 1. The van der Waals surface area contributed by atoms with Crippen molar-refractivity contribution in [3.63, 3.8) is 0 Å². The molecule has 90 valence electrons. The Morgan fingerprint density at radius 2 is 2.00 bits per heavy atom. The molecule has 0 fully saturated rings. The van der Waals surface area contributed by atoms with Gasteiger partial charge in [-0.1, -0.05) is 6.92 Å². The van der Waals surface area contributed by atoms with E-state index in [2.05, 4.69) is 4.98 Å². The zero-order valence-corrected chi connectivity index (χ0v) is 10.6. The zero-order chi connectivity index (χ0) is 12.6. The minimum Gasteiger partial charge on any atom is -0.322 e. The van der Waals surface area contributed by atoms with E-state index in [1.54, 1.807) is 6.07 Å². The fourth-order valence-corrected chi connectivity index (χ4v) is 2.43. The number of pyridine rings is 1. The second-order valence-corrected chi connectivity index (χ2v) is 6.23. The lowest BCUT2D eigenvalue weighted by Crippen LogP contribution is -2.11. The number of hydrogen-bond donors (Lipinski definition) is 1. The average molecular weight is 272 g/mol. The van der Waals surface area contributed by atoms with E-state index in [-0.39, 0.29) is 10.5 Å². The minimum absolute atomic E-state index is 0.0285. The van der Waals surface area contributed by atoms with Gasteiger partial charge in [0.1, 0.15) is 0 Å². The molecule has 0 bridgehead atoms. The molecule has 0 spiro atoms. The molecule has 0 unspecified atom stereocenters. The lowest BCUT2D eigenvalue weighted by Gasteiger charge is -2.02. The molecule has 6 heteroatoms. The molecule has 0 amide bonds. The number of halogens is 1. The van der Waals surface area contributed by atoms with Gasteiger partial charge in [0.15, 0.2) is 0 Å². The Labute approximate surface area is 103 Å². The molecular weight excluding hydrogens is 262 g/mol. The number of rotatable bonds is 2. The first-order valence-electron chi connectivity index (χ1n) is 5.02. The molecule has 0 aliphatic carbocycles. The molecular formula is C11H10ClNO3S. The fourth-order valence-electron chi connectivity index (χ4n) is 1.64. The predicted octanol–water partition coefficient (Wildman–Crippen LogP) is 2.02. The summed E-state index contributed by atoms with van der Waals surface area (Å²) in [6.45, 7) is 1.86. The Bertz CT molecular complexity index is 734. The number of aromatic amines is 1. The predicted molar refractivity (Wildman–Crippen MR) is 67.0 cm³/mol. The maximum absolute atomic E-state index is 11.5. The summed E-state index contributed by atoms with van der Waals surface area (Å²) >= 11 is 0. The second-order valence-electron chi connectivity index (χ2n) is 3.66. The molecule has 17 heavy (non-hydrogen) atoms. The maximum atomic E-state index is 11.5. The highest BCUT2D eigenvalue weighted by Crippen LogP contribution is 2.20. The van der Waals surface area contributed by atoms with Gasteiger partial charge in [0.05, 0.1) is 4.90 Å². The summed E-state index contributed by atoms with van der Waals surface area (Å²) in [5.74, 6) is 0. The second kappa shape index (κ2) is 4.16. The summed E-state index contributed by atoms with van der Waals surface area (Å²) < 4.78 is 22.4. The summed E-state index contributed by atoms with van der Waals surface area (Å²) in [5.41, 5.74) is 1.05. The van der Waals surface area contributed by atoms with Crippen LogP contribution in [0.5, 0.6) is 0 Å². The van der Waals surface area contributed by atoms with Crippen LogP contribution in [0.2, 0.25) is 0 Å². The van der Waals surface area contributed by atoms with Gasteiger partial charge in [-0.15, -0.1) is 0 Å². The highest BCUT2D eigenvalue weighted by molar-refractivity contribution is 8.13. The molecule has 4 nitrogen and oxygen atoms in total.